The molecule has 1 amide bonds. The van der Waals surface area contributed by atoms with Crippen LogP contribution < -0.4 is 10.1 Å². The van der Waals surface area contributed by atoms with Crippen molar-refractivity contribution in [3.05, 3.63) is 47.9 Å². The minimum atomic E-state index is -3.08. The topological polar surface area (TPSA) is 103 Å². The second-order valence-electron chi connectivity index (χ2n) is 8.77. The van der Waals surface area contributed by atoms with Gasteiger partial charge in [0.05, 0.1) is 46.3 Å². The van der Waals surface area contributed by atoms with E-state index in [0.29, 0.717) is 11.3 Å². The van der Waals surface area contributed by atoms with Gasteiger partial charge in [-0.3, -0.25) is 9.78 Å². The molecule has 4 rings (SSSR count). The van der Waals surface area contributed by atoms with E-state index < -0.39 is 21.7 Å². The molecule has 1 N–H and O–H groups in total. The molecule has 0 saturated carbocycles. The summed E-state index contributed by atoms with van der Waals surface area (Å²) in [6.07, 6.45) is 1.56. The largest absolute Gasteiger partial charge is 0.459 e. The summed E-state index contributed by atoms with van der Waals surface area (Å²) < 4.78 is 43.1. The Balaban J connectivity index is 1.71. The summed E-state index contributed by atoms with van der Waals surface area (Å²) in [6.45, 7) is 7.02. The monoisotopic (exact) mass is 460 g/mol. The van der Waals surface area contributed by atoms with E-state index in [9.17, 15) is 17.6 Å². The lowest BCUT2D eigenvalue weighted by atomic mass is 10.0. The summed E-state index contributed by atoms with van der Waals surface area (Å²) in [4.78, 5) is 16.9. The van der Waals surface area contributed by atoms with Gasteiger partial charge in [-0.1, -0.05) is 13.8 Å². The average molecular weight is 461 g/mol. The number of benzene rings is 1. The number of amides is 1. The maximum atomic E-state index is 13.3. The molecule has 3 heterocycles. The quantitative estimate of drug-likeness (QED) is 0.606. The van der Waals surface area contributed by atoms with Gasteiger partial charge in [0.25, 0.3) is 5.91 Å². The number of nitrogens with zero attached hydrogens (tertiary/aromatic N) is 3. The SMILES string of the molecule is CC(F)Oc1cncc(-n2nc(C(C)C)c3cc(C(=O)NC4(C)CS(=O)(=O)C4)ccc32)c1. The fourth-order valence-corrected chi connectivity index (χ4v) is 6.03. The zero-order valence-corrected chi connectivity index (χ0v) is 19.1. The van der Waals surface area contributed by atoms with Crippen molar-refractivity contribution in [1.29, 1.82) is 0 Å². The number of ether oxygens (including phenoxy) is 1. The fourth-order valence-electron chi connectivity index (χ4n) is 4.03. The van der Waals surface area contributed by atoms with Gasteiger partial charge >= 0.3 is 0 Å². The molecule has 1 saturated heterocycles. The molecule has 32 heavy (non-hydrogen) atoms. The molecule has 170 valence electrons. The van der Waals surface area contributed by atoms with Crippen LogP contribution in [0.5, 0.6) is 5.75 Å². The first-order valence-electron chi connectivity index (χ1n) is 10.3. The van der Waals surface area contributed by atoms with Gasteiger partial charge in [0.15, 0.2) is 9.84 Å². The molecule has 3 aromatic rings. The summed E-state index contributed by atoms with van der Waals surface area (Å²) >= 11 is 0. The Labute approximate surface area is 185 Å². The number of aromatic nitrogens is 3. The average Bonchev–Trinajstić information content (AvgIpc) is 3.05. The highest BCUT2D eigenvalue weighted by molar-refractivity contribution is 7.93. The predicted molar refractivity (Wildman–Crippen MR) is 119 cm³/mol. The second kappa shape index (κ2) is 7.84. The van der Waals surface area contributed by atoms with Crippen LogP contribution >= 0.6 is 0 Å². The lowest BCUT2D eigenvalue weighted by Gasteiger charge is -2.38. The van der Waals surface area contributed by atoms with Crippen molar-refractivity contribution in [3.63, 3.8) is 0 Å². The summed E-state index contributed by atoms with van der Waals surface area (Å²) in [6, 6.07) is 6.87. The van der Waals surface area contributed by atoms with E-state index in [2.05, 4.69) is 10.3 Å². The molecule has 0 radical (unpaired) electrons. The van der Waals surface area contributed by atoms with E-state index >= 15 is 0 Å². The minimum Gasteiger partial charge on any atom is -0.459 e. The van der Waals surface area contributed by atoms with Gasteiger partial charge in [-0.15, -0.1) is 0 Å². The number of halogens is 1. The number of alkyl halides is 1. The predicted octanol–water partition coefficient (Wildman–Crippen LogP) is 3.16. The van der Waals surface area contributed by atoms with E-state index in [4.69, 9.17) is 9.84 Å². The van der Waals surface area contributed by atoms with Gasteiger partial charge in [0.2, 0.25) is 6.36 Å². The van der Waals surface area contributed by atoms with Gasteiger partial charge < -0.3 is 10.1 Å². The van der Waals surface area contributed by atoms with Crippen molar-refractivity contribution in [2.24, 2.45) is 0 Å². The zero-order valence-electron chi connectivity index (χ0n) is 18.3. The van der Waals surface area contributed by atoms with Crippen LogP contribution in [0.4, 0.5) is 4.39 Å². The number of carbonyl (C=O) groups excluding carboxylic acids is 1. The number of hydrogen-bond acceptors (Lipinski definition) is 6. The van der Waals surface area contributed by atoms with E-state index in [-0.39, 0.29) is 29.1 Å². The Bertz CT molecular complexity index is 1290. The van der Waals surface area contributed by atoms with Crippen molar-refractivity contribution in [1.82, 2.24) is 20.1 Å². The Morgan fingerprint density at radius 2 is 1.94 bits per heavy atom. The van der Waals surface area contributed by atoms with E-state index in [1.54, 1.807) is 42.1 Å². The highest BCUT2D eigenvalue weighted by Crippen LogP contribution is 2.30. The number of carbonyl (C=O) groups is 1. The third-order valence-corrected chi connectivity index (χ3v) is 7.41. The van der Waals surface area contributed by atoms with Crippen molar-refractivity contribution >= 4 is 26.6 Å². The van der Waals surface area contributed by atoms with E-state index in [1.165, 1.54) is 13.1 Å². The fraction of sp³-hybridized carbons (Fsp3) is 0.409. The molecule has 2 aromatic heterocycles. The number of fused-ring (bicyclic) bond motifs is 1. The highest BCUT2D eigenvalue weighted by atomic mass is 32.2. The molecule has 0 spiro atoms. The molecule has 8 nitrogen and oxygen atoms in total. The van der Waals surface area contributed by atoms with Crippen LogP contribution in [0.15, 0.2) is 36.7 Å². The summed E-state index contributed by atoms with van der Waals surface area (Å²) in [5, 5.41) is 8.35. The summed E-state index contributed by atoms with van der Waals surface area (Å²) in [5.41, 5.74) is 1.82. The molecule has 1 aliphatic heterocycles. The molecular formula is C22H25FN4O4S. The Hall–Kier alpha value is -3.01. The Morgan fingerprint density at radius 3 is 2.56 bits per heavy atom. The molecule has 0 aliphatic carbocycles. The third kappa shape index (κ3) is 4.32. The number of hydrogen-bond donors (Lipinski definition) is 1. The van der Waals surface area contributed by atoms with Gasteiger partial charge in [-0.05, 0) is 31.0 Å². The molecule has 1 unspecified atom stereocenters. The third-order valence-electron chi connectivity index (χ3n) is 5.25. The summed E-state index contributed by atoms with van der Waals surface area (Å²) in [5.74, 6) is -0.102. The molecule has 0 bridgehead atoms. The molecular weight excluding hydrogens is 435 g/mol. The van der Waals surface area contributed by atoms with Gasteiger partial charge in [0, 0.05) is 23.9 Å². The first kappa shape index (κ1) is 22.2. The number of nitrogens with one attached hydrogen (secondary N) is 1. The van der Waals surface area contributed by atoms with Gasteiger partial charge in [-0.25, -0.2) is 17.5 Å². The zero-order chi connectivity index (χ0) is 23.3. The van der Waals surface area contributed by atoms with Gasteiger partial charge in [0.1, 0.15) is 5.75 Å². The van der Waals surface area contributed by atoms with E-state index in [1.807, 2.05) is 13.8 Å². The van der Waals surface area contributed by atoms with E-state index in [0.717, 1.165) is 16.6 Å². The molecule has 10 heteroatoms. The number of pyridine rings is 1. The van der Waals surface area contributed by atoms with Crippen LogP contribution in [0.25, 0.3) is 16.6 Å². The van der Waals surface area contributed by atoms with Gasteiger partial charge in [-0.2, -0.15) is 5.10 Å². The smallest absolute Gasteiger partial charge is 0.251 e. The maximum Gasteiger partial charge on any atom is 0.251 e. The Kier molecular flexibility index (Phi) is 5.44. The Morgan fingerprint density at radius 1 is 1.22 bits per heavy atom. The lowest BCUT2D eigenvalue weighted by molar-refractivity contribution is 0.0855. The van der Waals surface area contributed by atoms with Crippen molar-refractivity contribution in [3.8, 4) is 11.4 Å². The van der Waals surface area contributed by atoms with Crippen LogP contribution in [-0.2, 0) is 9.84 Å². The van der Waals surface area contributed by atoms with Crippen LogP contribution in [-0.4, -0.2) is 52.5 Å². The molecule has 1 aromatic carbocycles. The first-order chi connectivity index (χ1) is 15.0. The summed E-state index contributed by atoms with van der Waals surface area (Å²) in [7, 11) is -3.08. The standard InChI is InChI=1S/C22H25FN4O4S/c1-13(2)20-18-7-15(21(28)25-22(4)11-32(29,30)12-22)5-6-19(18)27(26-20)16-8-17(10-24-9-16)31-14(3)23/h5-10,13-14H,11-12H2,1-4H3,(H,25,28). The minimum absolute atomic E-state index is 0.0634. The van der Waals surface area contributed by atoms with Crippen LogP contribution in [0.2, 0.25) is 0 Å². The van der Waals surface area contributed by atoms with Crippen molar-refractivity contribution in [2.45, 2.75) is 45.5 Å². The number of sulfone groups is 1. The van der Waals surface area contributed by atoms with Crippen molar-refractivity contribution < 1.29 is 22.3 Å². The highest BCUT2D eigenvalue weighted by Gasteiger charge is 2.45. The normalized spacial score (nSPS) is 17.7. The van der Waals surface area contributed by atoms with Crippen LogP contribution in [0.3, 0.4) is 0 Å². The van der Waals surface area contributed by atoms with Crippen LogP contribution in [0, 0.1) is 0 Å². The first-order valence-corrected chi connectivity index (χ1v) is 12.1. The lowest BCUT2D eigenvalue weighted by Crippen LogP contribution is -2.63. The maximum absolute atomic E-state index is 13.3. The van der Waals surface area contributed by atoms with Crippen molar-refractivity contribution in [2.75, 3.05) is 11.5 Å². The number of rotatable bonds is 6. The molecule has 1 fully saturated rings. The second-order valence-corrected chi connectivity index (χ2v) is 10.8. The van der Waals surface area contributed by atoms with Crippen LogP contribution in [0.1, 0.15) is 49.7 Å². The molecule has 1 atom stereocenters. The molecule has 1 aliphatic rings.